The molecule has 3 heteroatoms. The van der Waals surface area contributed by atoms with Crippen LogP contribution in [0.3, 0.4) is 0 Å². The van der Waals surface area contributed by atoms with Crippen LogP contribution in [0.5, 0.6) is 0 Å². The molecule has 1 heterocycles. The summed E-state index contributed by atoms with van der Waals surface area (Å²) in [4.78, 5) is 0. The number of hydrogen-bond donors (Lipinski definition) is 2. The van der Waals surface area contributed by atoms with E-state index in [2.05, 4.69) is 61.7 Å². The molecule has 2 atom stereocenters. The van der Waals surface area contributed by atoms with Crippen LogP contribution >= 0.6 is 0 Å². The van der Waals surface area contributed by atoms with Crippen molar-refractivity contribution in [1.82, 2.24) is 5.43 Å². The first-order valence-electron chi connectivity index (χ1n) is 7.43. The molecule has 110 valence electrons. The number of nitrogens with one attached hydrogen (secondary N) is 1. The molecule has 0 aliphatic carbocycles. The molecule has 21 heavy (non-hydrogen) atoms. The maximum Gasteiger partial charge on any atom is 0.103 e. The van der Waals surface area contributed by atoms with Crippen LogP contribution in [0, 0.1) is 13.8 Å². The third-order valence-corrected chi connectivity index (χ3v) is 4.28. The molecule has 0 fully saturated rings. The zero-order valence-corrected chi connectivity index (χ0v) is 12.6. The van der Waals surface area contributed by atoms with E-state index in [9.17, 15) is 0 Å². The second kappa shape index (κ2) is 5.98. The van der Waals surface area contributed by atoms with Gasteiger partial charge in [-0.3, -0.25) is 5.84 Å². The summed E-state index contributed by atoms with van der Waals surface area (Å²) in [6, 6.07) is 14.9. The molecular formula is C18H22N2O. The van der Waals surface area contributed by atoms with Gasteiger partial charge in [0.05, 0.1) is 12.6 Å². The Morgan fingerprint density at radius 2 is 2.00 bits per heavy atom. The lowest BCUT2D eigenvalue weighted by atomic mass is 9.88. The molecule has 0 bridgehead atoms. The minimum Gasteiger partial charge on any atom is -0.371 e. The Hall–Kier alpha value is -1.68. The van der Waals surface area contributed by atoms with E-state index in [1.54, 1.807) is 0 Å². The van der Waals surface area contributed by atoms with Gasteiger partial charge in [0.15, 0.2) is 0 Å². The predicted octanol–water partition coefficient (Wildman–Crippen LogP) is 3.12. The van der Waals surface area contributed by atoms with Crippen LogP contribution in [0.15, 0.2) is 42.5 Å². The summed E-state index contributed by atoms with van der Waals surface area (Å²) >= 11 is 0. The smallest absolute Gasteiger partial charge is 0.103 e. The van der Waals surface area contributed by atoms with Crippen LogP contribution in [0.25, 0.3) is 0 Å². The summed E-state index contributed by atoms with van der Waals surface area (Å²) in [5.41, 5.74) is 9.25. The lowest BCUT2D eigenvalue weighted by Gasteiger charge is -2.33. The van der Waals surface area contributed by atoms with Crippen molar-refractivity contribution < 1.29 is 4.74 Å². The topological polar surface area (TPSA) is 47.3 Å². The Bertz CT molecular complexity index is 639. The average molecular weight is 282 g/mol. The van der Waals surface area contributed by atoms with Crippen molar-refractivity contribution in [3.63, 3.8) is 0 Å². The number of ether oxygens (including phenoxy) is 1. The first-order valence-corrected chi connectivity index (χ1v) is 7.43. The van der Waals surface area contributed by atoms with Crippen molar-refractivity contribution >= 4 is 0 Å². The SMILES string of the molecule is Cc1ccc(C)c(C(NN)C2OCCc3ccccc32)c1. The van der Waals surface area contributed by atoms with E-state index < -0.39 is 0 Å². The second-order valence-corrected chi connectivity index (χ2v) is 5.74. The third-order valence-electron chi connectivity index (χ3n) is 4.28. The number of hydrogen-bond acceptors (Lipinski definition) is 3. The molecule has 1 aliphatic heterocycles. The second-order valence-electron chi connectivity index (χ2n) is 5.74. The quantitative estimate of drug-likeness (QED) is 0.671. The zero-order valence-electron chi connectivity index (χ0n) is 12.6. The zero-order chi connectivity index (χ0) is 14.8. The fourth-order valence-corrected chi connectivity index (χ4v) is 3.14. The van der Waals surface area contributed by atoms with Gasteiger partial charge in [0.25, 0.3) is 0 Å². The van der Waals surface area contributed by atoms with Gasteiger partial charge in [0.2, 0.25) is 0 Å². The van der Waals surface area contributed by atoms with Gasteiger partial charge in [-0.1, -0.05) is 48.0 Å². The predicted molar refractivity (Wildman–Crippen MR) is 84.8 cm³/mol. The highest BCUT2D eigenvalue weighted by atomic mass is 16.5. The van der Waals surface area contributed by atoms with Crippen LogP contribution < -0.4 is 11.3 Å². The average Bonchev–Trinajstić information content (AvgIpc) is 2.51. The molecule has 0 saturated heterocycles. The molecule has 2 aromatic rings. The highest BCUT2D eigenvalue weighted by molar-refractivity contribution is 5.38. The van der Waals surface area contributed by atoms with Crippen LogP contribution in [0.4, 0.5) is 0 Å². The van der Waals surface area contributed by atoms with E-state index in [1.807, 2.05) is 0 Å². The normalized spacial score (nSPS) is 19.1. The molecule has 3 N–H and O–H groups in total. The van der Waals surface area contributed by atoms with Crippen molar-refractivity contribution in [2.75, 3.05) is 6.61 Å². The van der Waals surface area contributed by atoms with Gasteiger partial charge in [-0.25, -0.2) is 5.43 Å². The standard InChI is InChI=1S/C18H22N2O/c1-12-7-8-13(2)16(11-12)17(20-19)18-15-6-4-3-5-14(15)9-10-21-18/h3-8,11,17-18,20H,9-10,19H2,1-2H3. The van der Waals surface area contributed by atoms with Crippen LogP contribution in [0.1, 0.15) is 40.0 Å². The van der Waals surface area contributed by atoms with Gasteiger partial charge in [0, 0.05) is 0 Å². The van der Waals surface area contributed by atoms with Crippen LogP contribution in [-0.2, 0) is 11.2 Å². The summed E-state index contributed by atoms with van der Waals surface area (Å²) in [5.74, 6) is 5.88. The van der Waals surface area contributed by atoms with Gasteiger partial charge in [-0.2, -0.15) is 0 Å². The van der Waals surface area contributed by atoms with Crippen molar-refractivity contribution in [3.8, 4) is 0 Å². The fraction of sp³-hybridized carbons (Fsp3) is 0.333. The number of fused-ring (bicyclic) bond motifs is 1. The number of hydrazine groups is 1. The minimum atomic E-state index is -0.0413. The molecular weight excluding hydrogens is 260 g/mol. The first kappa shape index (κ1) is 14.3. The van der Waals surface area contributed by atoms with Gasteiger partial charge >= 0.3 is 0 Å². The monoisotopic (exact) mass is 282 g/mol. The summed E-state index contributed by atoms with van der Waals surface area (Å²) in [5, 5.41) is 0. The van der Waals surface area contributed by atoms with Crippen LogP contribution in [-0.4, -0.2) is 6.61 Å². The highest BCUT2D eigenvalue weighted by Crippen LogP contribution is 2.37. The van der Waals surface area contributed by atoms with Crippen molar-refractivity contribution in [1.29, 1.82) is 0 Å². The lowest BCUT2D eigenvalue weighted by molar-refractivity contribution is 0.0145. The molecule has 2 aromatic carbocycles. The number of nitrogens with two attached hydrogens (primary N) is 1. The Labute approximate surface area is 126 Å². The molecule has 3 rings (SSSR count). The highest BCUT2D eigenvalue weighted by Gasteiger charge is 2.30. The molecule has 2 unspecified atom stereocenters. The minimum absolute atomic E-state index is 0.0358. The molecule has 3 nitrogen and oxygen atoms in total. The first-order chi connectivity index (χ1) is 10.2. The van der Waals surface area contributed by atoms with Gasteiger partial charge in [-0.15, -0.1) is 0 Å². The maximum absolute atomic E-state index is 6.06. The number of aryl methyl sites for hydroxylation is 2. The van der Waals surface area contributed by atoms with Gasteiger partial charge in [-0.05, 0) is 42.5 Å². The Balaban J connectivity index is 2.03. The Kier molecular flexibility index (Phi) is 4.06. The largest absolute Gasteiger partial charge is 0.371 e. The lowest BCUT2D eigenvalue weighted by Crippen LogP contribution is -2.36. The fourth-order valence-electron chi connectivity index (χ4n) is 3.14. The molecule has 0 radical (unpaired) electrons. The van der Waals surface area contributed by atoms with Gasteiger partial charge < -0.3 is 4.74 Å². The van der Waals surface area contributed by atoms with Crippen molar-refractivity contribution in [3.05, 3.63) is 70.3 Å². The van der Waals surface area contributed by atoms with E-state index >= 15 is 0 Å². The molecule has 1 aliphatic rings. The number of rotatable bonds is 3. The molecule has 0 amide bonds. The number of benzene rings is 2. The van der Waals surface area contributed by atoms with E-state index in [1.165, 1.54) is 27.8 Å². The van der Waals surface area contributed by atoms with E-state index in [4.69, 9.17) is 10.6 Å². The summed E-state index contributed by atoms with van der Waals surface area (Å²) in [6.45, 7) is 4.96. The summed E-state index contributed by atoms with van der Waals surface area (Å²) < 4.78 is 6.06. The molecule has 0 aromatic heterocycles. The summed E-state index contributed by atoms with van der Waals surface area (Å²) in [6.07, 6.45) is 0.928. The molecule has 0 saturated carbocycles. The van der Waals surface area contributed by atoms with E-state index in [0.29, 0.717) is 0 Å². The Morgan fingerprint density at radius 1 is 1.19 bits per heavy atom. The van der Waals surface area contributed by atoms with Crippen molar-refractivity contribution in [2.24, 2.45) is 5.84 Å². The van der Waals surface area contributed by atoms with Crippen LogP contribution in [0.2, 0.25) is 0 Å². The molecule has 0 spiro atoms. The van der Waals surface area contributed by atoms with E-state index in [0.717, 1.165) is 13.0 Å². The third kappa shape index (κ3) is 2.72. The Morgan fingerprint density at radius 3 is 2.81 bits per heavy atom. The van der Waals surface area contributed by atoms with Crippen molar-refractivity contribution in [2.45, 2.75) is 32.4 Å². The maximum atomic E-state index is 6.06. The van der Waals surface area contributed by atoms with Gasteiger partial charge in [0.1, 0.15) is 6.10 Å². The summed E-state index contributed by atoms with van der Waals surface area (Å²) in [7, 11) is 0. The van der Waals surface area contributed by atoms with E-state index in [-0.39, 0.29) is 12.1 Å².